The SMILES string of the molecule is CC1CCN(CCCNC(=O)[C@@H](C)N(c2ccccc2)S(C)(=O)=O)CC1. The zero-order chi connectivity index (χ0) is 19.2. The van der Waals surface area contributed by atoms with Gasteiger partial charge in [-0.3, -0.25) is 9.10 Å². The van der Waals surface area contributed by atoms with E-state index in [1.165, 1.54) is 17.1 Å². The van der Waals surface area contributed by atoms with Gasteiger partial charge in [-0.25, -0.2) is 8.42 Å². The van der Waals surface area contributed by atoms with Crippen LogP contribution in [0.5, 0.6) is 0 Å². The van der Waals surface area contributed by atoms with Gasteiger partial charge in [-0.05, 0) is 63.9 Å². The van der Waals surface area contributed by atoms with E-state index in [9.17, 15) is 13.2 Å². The number of carbonyl (C=O) groups is 1. The van der Waals surface area contributed by atoms with Crippen molar-refractivity contribution in [2.45, 2.75) is 39.2 Å². The Bertz CT molecular complexity index is 671. The summed E-state index contributed by atoms with van der Waals surface area (Å²) >= 11 is 0. The Labute approximate surface area is 157 Å². The van der Waals surface area contributed by atoms with E-state index in [4.69, 9.17) is 0 Å². The number of hydrogen-bond acceptors (Lipinski definition) is 4. The maximum atomic E-state index is 12.5. The molecule has 146 valence electrons. The van der Waals surface area contributed by atoms with Crippen molar-refractivity contribution in [3.05, 3.63) is 30.3 Å². The first-order valence-corrected chi connectivity index (χ1v) is 11.2. The van der Waals surface area contributed by atoms with Gasteiger partial charge in [-0.15, -0.1) is 0 Å². The molecule has 1 aromatic carbocycles. The highest BCUT2D eigenvalue weighted by atomic mass is 32.2. The van der Waals surface area contributed by atoms with Crippen LogP contribution in [0.4, 0.5) is 5.69 Å². The van der Waals surface area contributed by atoms with Gasteiger partial charge in [-0.1, -0.05) is 25.1 Å². The van der Waals surface area contributed by atoms with Gasteiger partial charge in [0.1, 0.15) is 6.04 Å². The van der Waals surface area contributed by atoms with E-state index in [1.54, 1.807) is 31.2 Å². The summed E-state index contributed by atoms with van der Waals surface area (Å²) in [4.78, 5) is 14.9. The molecule has 6 nitrogen and oxygen atoms in total. The molecule has 7 heteroatoms. The molecular formula is C19H31N3O3S. The highest BCUT2D eigenvalue weighted by Crippen LogP contribution is 2.20. The second-order valence-electron chi connectivity index (χ2n) is 7.24. The summed E-state index contributed by atoms with van der Waals surface area (Å²) in [7, 11) is -3.55. The molecule has 1 fully saturated rings. The van der Waals surface area contributed by atoms with E-state index < -0.39 is 16.1 Å². The van der Waals surface area contributed by atoms with E-state index in [0.717, 1.165) is 38.2 Å². The summed E-state index contributed by atoms with van der Waals surface area (Å²) in [5, 5.41) is 2.88. The average Bonchev–Trinajstić information content (AvgIpc) is 2.60. The first-order chi connectivity index (χ1) is 12.3. The molecule has 0 bridgehead atoms. The number of piperidine rings is 1. The monoisotopic (exact) mass is 381 g/mol. The average molecular weight is 382 g/mol. The fourth-order valence-corrected chi connectivity index (χ4v) is 4.51. The van der Waals surface area contributed by atoms with E-state index >= 15 is 0 Å². The van der Waals surface area contributed by atoms with Crippen LogP contribution in [0.1, 0.15) is 33.1 Å². The van der Waals surface area contributed by atoms with E-state index in [0.29, 0.717) is 12.2 Å². The quantitative estimate of drug-likeness (QED) is 0.700. The van der Waals surface area contributed by atoms with Crippen molar-refractivity contribution in [2.75, 3.05) is 36.7 Å². The number of carbonyl (C=O) groups excluding carboxylic acids is 1. The van der Waals surface area contributed by atoms with Gasteiger partial charge in [0.15, 0.2) is 0 Å². The minimum atomic E-state index is -3.55. The van der Waals surface area contributed by atoms with Crippen LogP contribution in [0.15, 0.2) is 30.3 Å². The van der Waals surface area contributed by atoms with Crippen molar-refractivity contribution in [3.8, 4) is 0 Å². The van der Waals surface area contributed by atoms with Crippen molar-refractivity contribution < 1.29 is 13.2 Å². The number of para-hydroxylation sites is 1. The molecule has 1 heterocycles. The van der Waals surface area contributed by atoms with Crippen LogP contribution in [0.2, 0.25) is 0 Å². The summed E-state index contributed by atoms with van der Waals surface area (Å²) in [6, 6.07) is 7.94. The third-order valence-corrected chi connectivity index (χ3v) is 6.17. The van der Waals surface area contributed by atoms with Crippen molar-refractivity contribution in [3.63, 3.8) is 0 Å². The molecule has 0 unspecified atom stereocenters. The van der Waals surface area contributed by atoms with Gasteiger partial charge in [0.05, 0.1) is 11.9 Å². The number of nitrogens with one attached hydrogen (secondary N) is 1. The zero-order valence-corrected chi connectivity index (χ0v) is 16.8. The fraction of sp³-hybridized carbons (Fsp3) is 0.632. The number of sulfonamides is 1. The van der Waals surface area contributed by atoms with Gasteiger partial charge in [0.2, 0.25) is 15.9 Å². The predicted molar refractivity (Wildman–Crippen MR) is 106 cm³/mol. The number of anilines is 1. The Morgan fingerprint density at radius 3 is 2.46 bits per heavy atom. The van der Waals surface area contributed by atoms with Crippen molar-refractivity contribution in [1.82, 2.24) is 10.2 Å². The van der Waals surface area contributed by atoms with E-state index in [-0.39, 0.29) is 5.91 Å². The zero-order valence-electron chi connectivity index (χ0n) is 16.0. The largest absolute Gasteiger partial charge is 0.354 e. The third-order valence-electron chi connectivity index (χ3n) is 4.93. The molecule has 0 aromatic heterocycles. The molecule has 1 amide bonds. The molecule has 2 rings (SSSR count). The normalized spacial score (nSPS) is 17.7. The molecule has 0 aliphatic carbocycles. The second kappa shape index (κ2) is 9.37. The summed E-state index contributed by atoms with van der Waals surface area (Å²) in [6.45, 7) is 7.69. The standard InChI is InChI=1S/C19H31N3O3S/c1-16-10-14-21(15-11-16)13-7-12-20-19(23)17(2)22(26(3,24)25)18-8-5-4-6-9-18/h4-6,8-9,16-17H,7,10-15H2,1-3H3,(H,20,23)/t17-/m1/s1. The third kappa shape index (κ3) is 5.99. The lowest BCUT2D eigenvalue weighted by molar-refractivity contribution is -0.121. The van der Waals surface area contributed by atoms with Crippen LogP contribution in [-0.2, 0) is 14.8 Å². The van der Waals surface area contributed by atoms with E-state index in [1.807, 2.05) is 6.07 Å². The Morgan fingerprint density at radius 1 is 1.27 bits per heavy atom. The molecule has 1 atom stereocenters. The van der Waals surface area contributed by atoms with Crippen molar-refractivity contribution in [2.24, 2.45) is 5.92 Å². The number of likely N-dealkylation sites (tertiary alicyclic amines) is 1. The van der Waals surface area contributed by atoms with Crippen LogP contribution in [0.25, 0.3) is 0 Å². The molecule has 26 heavy (non-hydrogen) atoms. The first kappa shape index (κ1) is 20.7. The van der Waals surface area contributed by atoms with Crippen LogP contribution in [0, 0.1) is 5.92 Å². The van der Waals surface area contributed by atoms with Crippen LogP contribution in [-0.4, -0.2) is 57.7 Å². The Hall–Kier alpha value is -1.60. The molecule has 0 radical (unpaired) electrons. The Kier molecular flexibility index (Phi) is 7.46. The summed E-state index contributed by atoms with van der Waals surface area (Å²) in [6.07, 6.45) is 4.48. The lowest BCUT2D eigenvalue weighted by Crippen LogP contribution is -2.48. The Morgan fingerprint density at radius 2 is 1.88 bits per heavy atom. The van der Waals surface area contributed by atoms with Crippen LogP contribution >= 0.6 is 0 Å². The molecule has 0 spiro atoms. The van der Waals surface area contributed by atoms with Gasteiger partial charge < -0.3 is 10.2 Å². The molecule has 1 aromatic rings. The minimum absolute atomic E-state index is 0.272. The number of rotatable bonds is 8. The number of hydrogen-bond donors (Lipinski definition) is 1. The number of nitrogens with zero attached hydrogens (tertiary/aromatic N) is 2. The topological polar surface area (TPSA) is 69.7 Å². The first-order valence-electron chi connectivity index (χ1n) is 9.33. The molecule has 0 saturated carbocycles. The highest BCUT2D eigenvalue weighted by molar-refractivity contribution is 7.92. The Balaban J connectivity index is 1.85. The lowest BCUT2D eigenvalue weighted by Gasteiger charge is -2.30. The van der Waals surface area contributed by atoms with Gasteiger partial charge in [0, 0.05) is 6.54 Å². The second-order valence-corrected chi connectivity index (χ2v) is 9.10. The summed E-state index contributed by atoms with van der Waals surface area (Å²) in [5.74, 6) is 0.540. The molecular weight excluding hydrogens is 350 g/mol. The molecule has 1 aliphatic heterocycles. The molecule has 1 saturated heterocycles. The molecule has 1 aliphatic rings. The van der Waals surface area contributed by atoms with Crippen LogP contribution in [0.3, 0.4) is 0 Å². The maximum Gasteiger partial charge on any atom is 0.243 e. The fourth-order valence-electron chi connectivity index (χ4n) is 3.33. The van der Waals surface area contributed by atoms with Crippen molar-refractivity contribution >= 4 is 21.6 Å². The van der Waals surface area contributed by atoms with Crippen LogP contribution < -0.4 is 9.62 Å². The van der Waals surface area contributed by atoms with Crippen molar-refractivity contribution in [1.29, 1.82) is 0 Å². The predicted octanol–water partition coefficient (Wildman–Crippen LogP) is 2.08. The van der Waals surface area contributed by atoms with E-state index in [2.05, 4.69) is 17.1 Å². The lowest BCUT2D eigenvalue weighted by atomic mass is 9.99. The van der Waals surface area contributed by atoms with Gasteiger partial charge in [0.25, 0.3) is 0 Å². The summed E-state index contributed by atoms with van der Waals surface area (Å²) < 4.78 is 25.5. The number of amides is 1. The number of benzene rings is 1. The summed E-state index contributed by atoms with van der Waals surface area (Å²) in [5.41, 5.74) is 0.500. The van der Waals surface area contributed by atoms with Gasteiger partial charge in [-0.2, -0.15) is 0 Å². The smallest absolute Gasteiger partial charge is 0.243 e. The minimum Gasteiger partial charge on any atom is -0.354 e. The maximum absolute atomic E-state index is 12.5. The molecule has 1 N–H and O–H groups in total. The highest BCUT2D eigenvalue weighted by Gasteiger charge is 2.28. The van der Waals surface area contributed by atoms with Gasteiger partial charge >= 0.3 is 0 Å².